The minimum Gasteiger partial charge on any atom is -0.0627 e. The van der Waals surface area contributed by atoms with Crippen LogP contribution in [0.4, 0.5) is 0 Å². The molecule has 0 nitrogen and oxygen atoms in total. The van der Waals surface area contributed by atoms with Gasteiger partial charge < -0.3 is 0 Å². The molecular weight excluding hydrogens is 176 g/mol. The van der Waals surface area contributed by atoms with Gasteiger partial charge in [0.15, 0.2) is 0 Å². The number of rotatable bonds is 1. The van der Waals surface area contributed by atoms with E-state index in [1.807, 2.05) is 0 Å². The van der Waals surface area contributed by atoms with Crippen LogP contribution in [0.25, 0.3) is 0 Å². The van der Waals surface area contributed by atoms with Gasteiger partial charge in [-0.25, -0.2) is 0 Å². The third-order valence-corrected chi connectivity index (χ3v) is 2.14. The largest absolute Gasteiger partial charge is 0.0627 e. The van der Waals surface area contributed by atoms with E-state index in [2.05, 4.69) is 41.9 Å². The fourth-order valence-corrected chi connectivity index (χ4v) is 1.36. The molecule has 0 spiro atoms. The number of hydrogen-bond acceptors (Lipinski definition) is 0. The summed E-state index contributed by atoms with van der Waals surface area (Å²) in [6, 6.07) is 0. The second-order valence-corrected chi connectivity index (χ2v) is 3.71. The number of halogens is 1. The van der Waals surface area contributed by atoms with Crippen molar-refractivity contribution in [3.05, 3.63) is 22.2 Å². The lowest BCUT2D eigenvalue weighted by atomic mass is 10.0. The first-order chi connectivity index (χ1) is 4.20. The van der Waals surface area contributed by atoms with E-state index in [4.69, 9.17) is 0 Å². The Kier molecular flexibility index (Phi) is 2.12. The predicted molar refractivity (Wildman–Crippen MR) is 44.5 cm³/mol. The highest BCUT2D eigenvalue weighted by atomic mass is 79.9. The minimum atomic E-state index is 0.705. The summed E-state index contributed by atoms with van der Waals surface area (Å²) in [6.45, 7) is 4.45. The maximum Gasteiger partial charge on any atom is 0.000500 e. The van der Waals surface area contributed by atoms with E-state index in [1.54, 1.807) is 0 Å². The van der Waals surface area contributed by atoms with Crippen LogP contribution in [-0.4, -0.2) is 0 Å². The molecule has 0 saturated carbocycles. The summed E-state index contributed by atoms with van der Waals surface area (Å²) in [5.74, 6) is 0.705. The highest BCUT2D eigenvalue weighted by Gasteiger charge is 2.07. The van der Waals surface area contributed by atoms with E-state index < -0.39 is 0 Å². The topological polar surface area (TPSA) is 0 Å². The molecule has 0 aromatic heterocycles. The minimum absolute atomic E-state index is 0.705. The first kappa shape index (κ1) is 7.07. The Bertz CT molecular complexity index is 163. The molecule has 9 heavy (non-hydrogen) atoms. The molecule has 0 heterocycles. The van der Waals surface area contributed by atoms with Gasteiger partial charge >= 0.3 is 0 Å². The second kappa shape index (κ2) is 2.70. The Balaban J connectivity index is 2.54. The molecule has 0 aromatic rings. The molecule has 0 bridgehead atoms. The van der Waals surface area contributed by atoms with Crippen LogP contribution in [0, 0.1) is 5.92 Å². The molecule has 0 fully saturated rings. The summed E-state index contributed by atoms with van der Waals surface area (Å²) >= 11 is 3.46. The lowest BCUT2D eigenvalue weighted by Gasteiger charge is -2.04. The van der Waals surface area contributed by atoms with Gasteiger partial charge in [0.25, 0.3) is 0 Å². The molecule has 0 atom stereocenters. The van der Waals surface area contributed by atoms with Gasteiger partial charge in [-0.1, -0.05) is 47.5 Å². The van der Waals surface area contributed by atoms with Crippen LogP contribution >= 0.6 is 15.9 Å². The van der Waals surface area contributed by atoms with Crippen molar-refractivity contribution in [1.29, 1.82) is 0 Å². The standard InChI is InChI=1S/C8H11Br/c1-6(2)7-3-4-8(9)5-7/h3-4,6H,5H2,1-2H3. The van der Waals surface area contributed by atoms with E-state index in [9.17, 15) is 0 Å². The van der Waals surface area contributed by atoms with Crippen molar-refractivity contribution < 1.29 is 0 Å². The summed E-state index contributed by atoms with van der Waals surface area (Å²) < 4.78 is 1.31. The molecule has 0 unspecified atom stereocenters. The molecule has 0 N–H and O–H groups in total. The zero-order valence-corrected chi connectivity index (χ0v) is 7.40. The molecule has 1 aliphatic carbocycles. The Labute approximate surface area is 64.8 Å². The zero-order valence-electron chi connectivity index (χ0n) is 5.82. The van der Waals surface area contributed by atoms with Crippen LogP contribution in [0.3, 0.4) is 0 Å². The van der Waals surface area contributed by atoms with Crippen LogP contribution in [0.15, 0.2) is 22.2 Å². The average molecular weight is 187 g/mol. The van der Waals surface area contributed by atoms with Crippen LogP contribution < -0.4 is 0 Å². The summed E-state index contributed by atoms with van der Waals surface area (Å²) in [7, 11) is 0. The molecule has 0 aromatic carbocycles. The lowest BCUT2D eigenvalue weighted by molar-refractivity contribution is 0.752. The molecule has 1 heteroatoms. The normalized spacial score (nSPS) is 18.2. The smallest absolute Gasteiger partial charge is 0.000500 e. The molecule has 0 radical (unpaired) electrons. The summed E-state index contributed by atoms with van der Waals surface area (Å²) in [5.41, 5.74) is 1.53. The predicted octanol–water partition coefficient (Wildman–Crippen LogP) is 3.25. The van der Waals surface area contributed by atoms with E-state index >= 15 is 0 Å². The molecular formula is C8H11Br. The summed E-state index contributed by atoms with van der Waals surface area (Å²) in [5, 5.41) is 0. The molecule has 1 aliphatic rings. The van der Waals surface area contributed by atoms with Gasteiger partial charge in [0, 0.05) is 6.42 Å². The van der Waals surface area contributed by atoms with Gasteiger partial charge in [0.2, 0.25) is 0 Å². The summed E-state index contributed by atoms with van der Waals surface area (Å²) in [4.78, 5) is 0. The van der Waals surface area contributed by atoms with Crippen molar-refractivity contribution in [2.45, 2.75) is 20.3 Å². The third kappa shape index (κ3) is 1.68. The number of allylic oxidation sites excluding steroid dienone is 4. The third-order valence-electron chi connectivity index (χ3n) is 1.59. The van der Waals surface area contributed by atoms with Gasteiger partial charge in [-0.05, 0) is 10.4 Å². The van der Waals surface area contributed by atoms with Crippen molar-refractivity contribution in [2.24, 2.45) is 5.92 Å². The highest BCUT2D eigenvalue weighted by Crippen LogP contribution is 2.28. The molecule has 0 saturated heterocycles. The SMILES string of the molecule is CC(C)C1=CC=C(Br)C1. The van der Waals surface area contributed by atoms with Crippen molar-refractivity contribution in [1.82, 2.24) is 0 Å². The Morgan fingerprint density at radius 2 is 2.11 bits per heavy atom. The van der Waals surface area contributed by atoms with Crippen LogP contribution in [0.1, 0.15) is 20.3 Å². The monoisotopic (exact) mass is 186 g/mol. The maximum absolute atomic E-state index is 3.46. The first-order valence-electron chi connectivity index (χ1n) is 3.25. The fraction of sp³-hybridized carbons (Fsp3) is 0.500. The molecule has 1 rings (SSSR count). The Morgan fingerprint density at radius 3 is 2.33 bits per heavy atom. The van der Waals surface area contributed by atoms with Crippen LogP contribution in [0.2, 0.25) is 0 Å². The zero-order chi connectivity index (χ0) is 6.85. The molecule has 50 valence electrons. The van der Waals surface area contributed by atoms with E-state index in [0.29, 0.717) is 5.92 Å². The summed E-state index contributed by atoms with van der Waals surface area (Å²) in [6.07, 6.45) is 5.46. The second-order valence-electron chi connectivity index (χ2n) is 2.69. The highest BCUT2D eigenvalue weighted by molar-refractivity contribution is 9.11. The average Bonchev–Trinajstić information content (AvgIpc) is 2.14. The van der Waals surface area contributed by atoms with Crippen molar-refractivity contribution >= 4 is 15.9 Å². The Hall–Kier alpha value is -0.0400. The molecule has 0 aliphatic heterocycles. The van der Waals surface area contributed by atoms with Crippen molar-refractivity contribution in [3.63, 3.8) is 0 Å². The van der Waals surface area contributed by atoms with Gasteiger partial charge in [-0.15, -0.1) is 0 Å². The van der Waals surface area contributed by atoms with Crippen molar-refractivity contribution in [2.75, 3.05) is 0 Å². The number of hydrogen-bond donors (Lipinski definition) is 0. The molecule has 0 amide bonds. The van der Waals surface area contributed by atoms with Gasteiger partial charge in [-0.2, -0.15) is 0 Å². The first-order valence-corrected chi connectivity index (χ1v) is 4.04. The van der Waals surface area contributed by atoms with Crippen LogP contribution in [0.5, 0.6) is 0 Å². The van der Waals surface area contributed by atoms with Gasteiger partial charge in [0.1, 0.15) is 0 Å². The van der Waals surface area contributed by atoms with E-state index in [0.717, 1.165) is 6.42 Å². The maximum atomic E-state index is 3.46. The van der Waals surface area contributed by atoms with Crippen molar-refractivity contribution in [3.8, 4) is 0 Å². The van der Waals surface area contributed by atoms with E-state index in [-0.39, 0.29) is 0 Å². The quantitative estimate of drug-likeness (QED) is 0.591. The van der Waals surface area contributed by atoms with Gasteiger partial charge in [0.05, 0.1) is 0 Å². The van der Waals surface area contributed by atoms with Crippen LogP contribution in [-0.2, 0) is 0 Å². The fourth-order valence-electron chi connectivity index (χ4n) is 0.907. The Morgan fingerprint density at radius 1 is 1.44 bits per heavy atom. The van der Waals surface area contributed by atoms with Gasteiger partial charge in [-0.3, -0.25) is 0 Å². The lowest BCUT2D eigenvalue weighted by Crippen LogP contribution is -1.89. The van der Waals surface area contributed by atoms with E-state index in [1.165, 1.54) is 10.1 Å².